The van der Waals surface area contributed by atoms with Gasteiger partial charge in [0.15, 0.2) is 0 Å². The molecule has 1 aliphatic heterocycles. The van der Waals surface area contributed by atoms with Gasteiger partial charge in [-0.15, -0.1) is 0 Å². The van der Waals surface area contributed by atoms with Crippen LogP contribution in [-0.2, 0) is 28.6 Å². The number of rotatable bonds is 7. The van der Waals surface area contributed by atoms with Gasteiger partial charge in [-0.2, -0.15) is 0 Å². The van der Waals surface area contributed by atoms with Crippen LogP contribution in [0.2, 0.25) is 0 Å². The van der Waals surface area contributed by atoms with Crippen molar-refractivity contribution in [1.82, 2.24) is 4.90 Å². The molecule has 1 amide bonds. The molecule has 1 saturated heterocycles. The number of carbonyl (C=O) groups is 3. The summed E-state index contributed by atoms with van der Waals surface area (Å²) in [5.74, 6) is -1.25. The van der Waals surface area contributed by atoms with Crippen molar-refractivity contribution in [2.45, 2.75) is 51.6 Å². The molecule has 7 nitrogen and oxygen atoms in total. The molecule has 1 fully saturated rings. The Kier molecular flexibility index (Phi) is 7.87. The molecular weight excluding hydrogens is 290 g/mol. The van der Waals surface area contributed by atoms with Gasteiger partial charge in [-0.25, -0.2) is 0 Å². The third-order valence-electron chi connectivity index (χ3n) is 3.64. The highest BCUT2D eigenvalue weighted by Crippen LogP contribution is 2.20. The number of hydrogen-bond acceptors (Lipinski definition) is 6. The van der Waals surface area contributed by atoms with Crippen LogP contribution < -0.4 is 0 Å². The zero-order chi connectivity index (χ0) is 16.5. The van der Waals surface area contributed by atoms with Crippen LogP contribution in [0.15, 0.2) is 0 Å². The predicted octanol–water partition coefficient (Wildman–Crippen LogP) is 0.899. The van der Waals surface area contributed by atoms with Crippen LogP contribution in [0, 0.1) is 0 Å². The van der Waals surface area contributed by atoms with Gasteiger partial charge >= 0.3 is 11.9 Å². The van der Waals surface area contributed by atoms with Crippen LogP contribution in [0.1, 0.15) is 39.5 Å². The molecule has 0 spiro atoms. The lowest BCUT2D eigenvalue weighted by Crippen LogP contribution is -2.49. The number of carbonyl (C=O) groups excluding carboxylic acids is 3. The summed E-state index contributed by atoms with van der Waals surface area (Å²) >= 11 is 0. The summed E-state index contributed by atoms with van der Waals surface area (Å²) in [4.78, 5) is 37.1. The van der Waals surface area contributed by atoms with Crippen molar-refractivity contribution in [2.24, 2.45) is 0 Å². The van der Waals surface area contributed by atoms with Crippen molar-refractivity contribution in [3.63, 3.8) is 0 Å². The normalized spacial score (nSPS) is 16.7. The average Bonchev–Trinajstić information content (AvgIpc) is 2.48. The molecule has 0 radical (unpaired) electrons. The van der Waals surface area contributed by atoms with E-state index in [2.05, 4.69) is 4.74 Å². The molecule has 0 aromatic rings. The Hall–Kier alpha value is -1.63. The van der Waals surface area contributed by atoms with Crippen LogP contribution in [0.3, 0.4) is 0 Å². The summed E-state index contributed by atoms with van der Waals surface area (Å²) in [6, 6.07) is -0.368. The Balaban J connectivity index is 2.77. The third-order valence-corrected chi connectivity index (χ3v) is 3.64. The summed E-state index contributed by atoms with van der Waals surface area (Å²) in [6.45, 7) is 4.85. The monoisotopic (exact) mass is 315 g/mol. The molecule has 0 bridgehead atoms. The van der Waals surface area contributed by atoms with E-state index in [1.807, 2.05) is 0 Å². The van der Waals surface area contributed by atoms with E-state index in [1.54, 1.807) is 18.7 Å². The first-order valence-electron chi connectivity index (χ1n) is 7.60. The first kappa shape index (κ1) is 18.4. The van der Waals surface area contributed by atoms with Crippen LogP contribution in [0.4, 0.5) is 0 Å². The zero-order valence-corrected chi connectivity index (χ0v) is 13.5. The maximum Gasteiger partial charge on any atom is 0.315 e. The van der Waals surface area contributed by atoms with Gasteiger partial charge in [0.05, 0.1) is 20.1 Å². The molecular formula is C15H25NO6. The minimum atomic E-state index is -0.546. The number of hydrogen-bond donors (Lipinski definition) is 0. The van der Waals surface area contributed by atoms with Gasteiger partial charge in [0.1, 0.15) is 6.42 Å². The summed E-state index contributed by atoms with van der Waals surface area (Å²) in [5.41, 5.74) is 0. The average molecular weight is 315 g/mol. The van der Waals surface area contributed by atoms with Crippen LogP contribution in [0.5, 0.6) is 0 Å². The van der Waals surface area contributed by atoms with Gasteiger partial charge in [-0.3, -0.25) is 14.4 Å². The van der Waals surface area contributed by atoms with E-state index in [9.17, 15) is 14.4 Å². The van der Waals surface area contributed by atoms with Gasteiger partial charge in [-0.1, -0.05) is 0 Å². The van der Waals surface area contributed by atoms with Crippen molar-refractivity contribution in [3.05, 3.63) is 0 Å². The molecule has 1 atom stereocenters. The molecule has 1 unspecified atom stereocenters. The van der Waals surface area contributed by atoms with Crippen LogP contribution in [-0.4, -0.2) is 61.8 Å². The number of esters is 2. The number of nitrogens with zero attached hydrogens (tertiary/aromatic N) is 1. The lowest BCUT2D eigenvalue weighted by atomic mass is 10.0. The topological polar surface area (TPSA) is 82.1 Å². The second-order valence-electron chi connectivity index (χ2n) is 5.26. The van der Waals surface area contributed by atoms with E-state index in [0.29, 0.717) is 26.1 Å². The van der Waals surface area contributed by atoms with Gasteiger partial charge in [-0.05, 0) is 26.7 Å². The highest BCUT2D eigenvalue weighted by Gasteiger charge is 2.32. The summed E-state index contributed by atoms with van der Waals surface area (Å²) in [5, 5.41) is 0. The SMILES string of the molecule is CCOC(=O)CC(=O)N(C(C)CC(=O)OC)C1CCOCC1. The van der Waals surface area contributed by atoms with Gasteiger partial charge in [0, 0.05) is 25.3 Å². The Morgan fingerprint density at radius 2 is 1.86 bits per heavy atom. The van der Waals surface area contributed by atoms with Crippen molar-refractivity contribution in [3.8, 4) is 0 Å². The fraction of sp³-hybridized carbons (Fsp3) is 0.800. The fourth-order valence-corrected chi connectivity index (χ4v) is 2.62. The Labute approximate surface area is 130 Å². The second kappa shape index (κ2) is 9.40. The lowest BCUT2D eigenvalue weighted by Gasteiger charge is -2.38. The smallest absolute Gasteiger partial charge is 0.315 e. The van der Waals surface area contributed by atoms with E-state index in [-0.39, 0.29) is 43.4 Å². The van der Waals surface area contributed by atoms with E-state index in [0.717, 1.165) is 0 Å². The first-order chi connectivity index (χ1) is 10.5. The zero-order valence-electron chi connectivity index (χ0n) is 13.5. The van der Waals surface area contributed by atoms with Crippen LogP contribution in [0.25, 0.3) is 0 Å². The van der Waals surface area contributed by atoms with E-state index in [4.69, 9.17) is 9.47 Å². The first-order valence-corrected chi connectivity index (χ1v) is 7.60. The summed E-state index contributed by atoms with van der Waals surface area (Å²) in [7, 11) is 1.31. The van der Waals surface area contributed by atoms with Crippen molar-refractivity contribution >= 4 is 17.8 Å². The van der Waals surface area contributed by atoms with Crippen molar-refractivity contribution in [1.29, 1.82) is 0 Å². The minimum Gasteiger partial charge on any atom is -0.469 e. The predicted molar refractivity (Wildman–Crippen MR) is 78.0 cm³/mol. The molecule has 0 N–H and O–H groups in total. The van der Waals surface area contributed by atoms with Gasteiger partial charge in [0.2, 0.25) is 5.91 Å². The Morgan fingerprint density at radius 1 is 1.23 bits per heavy atom. The highest BCUT2D eigenvalue weighted by atomic mass is 16.5. The lowest BCUT2D eigenvalue weighted by molar-refractivity contribution is -0.152. The number of methoxy groups -OCH3 is 1. The largest absolute Gasteiger partial charge is 0.469 e. The molecule has 126 valence electrons. The molecule has 22 heavy (non-hydrogen) atoms. The standard InChI is InChI=1S/C15H25NO6/c1-4-22-15(19)10-13(17)16(11(2)9-14(18)20-3)12-5-7-21-8-6-12/h11-12H,4-10H2,1-3H3. The molecule has 1 rings (SSSR count). The molecule has 0 aliphatic carbocycles. The molecule has 7 heteroatoms. The maximum atomic E-state index is 12.5. The molecule has 0 saturated carbocycles. The quantitative estimate of drug-likeness (QED) is 0.513. The van der Waals surface area contributed by atoms with E-state index < -0.39 is 5.97 Å². The highest BCUT2D eigenvalue weighted by molar-refractivity contribution is 5.94. The minimum absolute atomic E-state index is 0.0321. The number of amides is 1. The van der Waals surface area contributed by atoms with E-state index in [1.165, 1.54) is 7.11 Å². The summed E-state index contributed by atoms with van der Waals surface area (Å²) in [6.07, 6.45) is 1.18. The fourth-order valence-electron chi connectivity index (χ4n) is 2.62. The number of ether oxygens (including phenoxy) is 3. The molecule has 1 heterocycles. The Bertz CT molecular complexity index is 391. The third kappa shape index (κ3) is 5.63. The van der Waals surface area contributed by atoms with Crippen molar-refractivity contribution < 1.29 is 28.6 Å². The molecule has 1 aliphatic rings. The van der Waals surface area contributed by atoms with E-state index >= 15 is 0 Å². The molecule has 0 aromatic heterocycles. The van der Waals surface area contributed by atoms with Crippen molar-refractivity contribution in [2.75, 3.05) is 26.9 Å². The van der Waals surface area contributed by atoms with Crippen LogP contribution >= 0.6 is 0 Å². The Morgan fingerprint density at radius 3 is 2.41 bits per heavy atom. The van der Waals surface area contributed by atoms with Gasteiger partial charge < -0.3 is 19.1 Å². The molecule has 0 aromatic carbocycles. The summed E-state index contributed by atoms with van der Waals surface area (Å²) < 4.78 is 14.8. The maximum absolute atomic E-state index is 12.5. The van der Waals surface area contributed by atoms with Gasteiger partial charge in [0.25, 0.3) is 0 Å². The second-order valence-corrected chi connectivity index (χ2v) is 5.26.